The molecule has 0 radical (unpaired) electrons. The van der Waals surface area contributed by atoms with Crippen LogP contribution in [0.4, 0.5) is 5.82 Å². The number of hydrogen-bond acceptors (Lipinski definition) is 4. The fraction of sp³-hybridized carbons (Fsp3) is 0.125. The monoisotopic (exact) mass is 188 g/mol. The van der Waals surface area contributed by atoms with Crippen molar-refractivity contribution in [3.63, 3.8) is 0 Å². The zero-order valence-corrected chi connectivity index (χ0v) is 7.31. The van der Waals surface area contributed by atoms with Gasteiger partial charge in [0.2, 0.25) is 0 Å². The molecular formula is C8H8N6. The molecule has 6 heteroatoms. The zero-order chi connectivity index (χ0) is 10.2. The van der Waals surface area contributed by atoms with Crippen LogP contribution >= 0.6 is 0 Å². The Bertz CT molecular complexity index is 409. The zero-order valence-electron chi connectivity index (χ0n) is 7.31. The second kappa shape index (κ2) is 5.43. The number of anilines is 1. The number of azide groups is 1. The van der Waals surface area contributed by atoms with Gasteiger partial charge in [0.25, 0.3) is 0 Å². The van der Waals surface area contributed by atoms with E-state index in [4.69, 9.17) is 11.4 Å². The third-order valence-electron chi connectivity index (χ3n) is 1.33. The molecule has 1 rings (SSSR count). The van der Waals surface area contributed by atoms with Crippen molar-refractivity contribution in [3.8, 4) is 11.8 Å². The molecule has 70 valence electrons. The first-order valence-electron chi connectivity index (χ1n) is 3.80. The number of nitrogens with one attached hydrogen (secondary N) is 1. The molecule has 0 atom stereocenters. The second-order valence-corrected chi connectivity index (χ2v) is 2.24. The van der Waals surface area contributed by atoms with Crippen LogP contribution in [-0.4, -0.2) is 11.5 Å². The molecule has 0 aliphatic heterocycles. The van der Waals surface area contributed by atoms with Gasteiger partial charge < -0.3 is 5.43 Å². The molecule has 0 fully saturated rings. The van der Waals surface area contributed by atoms with E-state index in [-0.39, 0.29) is 6.54 Å². The van der Waals surface area contributed by atoms with Crippen molar-refractivity contribution in [1.29, 1.82) is 0 Å². The van der Waals surface area contributed by atoms with Crippen LogP contribution in [0.1, 0.15) is 5.69 Å². The van der Waals surface area contributed by atoms with Crippen LogP contribution in [0.3, 0.4) is 0 Å². The van der Waals surface area contributed by atoms with E-state index in [1.807, 2.05) is 0 Å². The minimum atomic E-state index is 0.137. The molecule has 0 unspecified atom stereocenters. The molecule has 3 N–H and O–H groups in total. The van der Waals surface area contributed by atoms with E-state index in [2.05, 4.69) is 32.3 Å². The van der Waals surface area contributed by atoms with Gasteiger partial charge in [-0.15, -0.1) is 0 Å². The normalized spacial score (nSPS) is 8.07. The van der Waals surface area contributed by atoms with Crippen molar-refractivity contribution >= 4 is 5.82 Å². The fourth-order valence-electron chi connectivity index (χ4n) is 0.782. The Morgan fingerprint density at radius 1 is 1.64 bits per heavy atom. The summed E-state index contributed by atoms with van der Waals surface area (Å²) in [6.45, 7) is 0.137. The van der Waals surface area contributed by atoms with Gasteiger partial charge in [-0.3, -0.25) is 0 Å². The first kappa shape index (κ1) is 9.86. The van der Waals surface area contributed by atoms with Gasteiger partial charge in [-0.25, -0.2) is 10.8 Å². The first-order chi connectivity index (χ1) is 6.86. The molecular weight excluding hydrogens is 180 g/mol. The SMILES string of the molecule is [N-]=[N+]=NCC#Cc1cccc(NN)n1. The molecule has 0 aliphatic carbocycles. The molecule has 0 aromatic carbocycles. The first-order valence-corrected chi connectivity index (χ1v) is 3.80. The molecule has 0 amide bonds. The van der Waals surface area contributed by atoms with Crippen LogP contribution in [0.2, 0.25) is 0 Å². The van der Waals surface area contributed by atoms with E-state index in [0.29, 0.717) is 11.5 Å². The van der Waals surface area contributed by atoms with E-state index in [1.165, 1.54) is 0 Å². The highest BCUT2D eigenvalue weighted by molar-refractivity contribution is 5.38. The van der Waals surface area contributed by atoms with Crippen LogP contribution < -0.4 is 11.3 Å². The third-order valence-corrected chi connectivity index (χ3v) is 1.33. The number of rotatable bonds is 2. The molecule has 0 aliphatic rings. The minimum Gasteiger partial charge on any atom is -0.308 e. The van der Waals surface area contributed by atoms with Crippen molar-refractivity contribution in [1.82, 2.24) is 4.98 Å². The highest BCUT2D eigenvalue weighted by Crippen LogP contribution is 2.00. The van der Waals surface area contributed by atoms with Gasteiger partial charge in [0, 0.05) is 4.91 Å². The smallest absolute Gasteiger partial charge is 0.141 e. The third kappa shape index (κ3) is 3.03. The lowest BCUT2D eigenvalue weighted by atomic mass is 10.3. The Balaban J connectivity index is 2.73. The van der Waals surface area contributed by atoms with Crippen molar-refractivity contribution in [2.45, 2.75) is 0 Å². The summed E-state index contributed by atoms with van der Waals surface area (Å²) >= 11 is 0. The lowest BCUT2D eigenvalue weighted by molar-refractivity contribution is 1.20. The molecule has 1 aromatic rings. The Morgan fingerprint density at radius 3 is 3.21 bits per heavy atom. The summed E-state index contributed by atoms with van der Waals surface area (Å²) < 4.78 is 0. The maximum atomic E-state index is 7.99. The second-order valence-electron chi connectivity index (χ2n) is 2.24. The van der Waals surface area contributed by atoms with Crippen LogP contribution in [-0.2, 0) is 0 Å². The van der Waals surface area contributed by atoms with Crippen LogP contribution in [0.15, 0.2) is 23.3 Å². The Morgan fingerprint density at radius 2 is 2.50 bits per heavy atom. The summed E-state index contributed by atoms with van der Waals surface area (Å²) in [5, 5.41) is 3.27. The van der Waals surface area contributed by atoms with E-state index >= 15 is 0 Å². The van der Waals surface area contributed by atoms with Gasteiger partial charge in [0.1, 0.15) is 11.5 Å². The lowest BCUT2D eigenvalue weighted by Gasteiger charge is -1.96. The quantitative estimate of drug-likeness (QED) is 0.181. The number of hydrogen-bond donors (Lipinski definition) is 2. The summed E-state index contributed by atoms with van der Waals surface area (Å²) in [6.07, 6.45) is 0. The standard InChI is InChI=1S/C8H8N6/c9-13-8-5-1-3-7(12-8)4-2-6-11-14-10/h1,3,5H,6,9H2,(H,12,13). The average Bonchev–Trinajstić information content (AvgIpc) is 2.25. The van der Waals surface area contributed by atoms with Gasteiger partial charge in [-0.05, 0) is 23.6 Å². The molecule has 0 saturated heterocycles. The molecule has 14 heavy (non-hydrogen) atoms. The number of hydrazine groups is 1. The fourth-order valence-corrected chi connectivity index (χ4v) is 0.782. The topological polar surface area (TPSA) is 99.7 Å². The largest absolute Gasteiger partial charge is 0.308 e. The molecule has 1 heterocycles. The summed E-state index contributed by atoms with van der Waals surface area (Å²) in [5.74, 6) is 11.1. The number of aromatic nitrogens is 1. The lowest BCUT2D eigenvalue weighted by Crippen LogP contribution is -2.08. The summed E-state index contributed by atoms with van der Waals surface area (Å²) in [6, 6.07) is 5.24. The number of nitrogens with two attached hydrogens (primary N) is 1. The Hall–Kier alpha value is -2.22. The molecule has 0 saturated carbocycles. The molecule has 0 bridgehead atoms. The minimum absolute atomic E-state index is 0.137. The number of nitrogen functional groups attached to an aromatic ring is 1. The maximum Gasteiger partial charge on any atom is 0.141 e. The van der Waals surface area contributed by atoms with Crippen molar-refractivity contribution < 1.29 is 0 Å². The summed E-state index contributed by atoms with van der Waals surface area (Å²) in [5.41, 5.74) is 11.0. The summed E-state index contributed by atoms with van der Waals surface area (Å²) in [4.78, 5) is 6.61. The van der Waals surface area contributed by atoms with Crippen molar-refractivity contribution in [2.75, 3.05) is 12.0 Å². The van der Waals surface area contributed by atoms with Crippen LogP contribution in [0.5, 0.6) is 0 Å². The molecule has 0 spiro atoms. The van der Waals surface area contributed by atoms with Gasteiger partial charge in [0.15, 0.2) is 0 Å². The van der Waals surface area contributed by atoms with Crippen molar-refractivity contribution in [3.05, 3.63) is 34.3 Å². The predicted octanol–water partition coefficient (Wildman–Crippen LogP) is 1.03. The summed E-state index contributed by atoms with van der Waals surface area (Å²) in [7, 11) is 0. The highest BCUT2D eigenvalue weighted by atomic mass is 15.2. The van der Waals surface area contributed by atoms with Gasteiger partial charge in [0.05, 0.1) is 6.54 Å². The van der Waals surface area contributed by atoms with E-state index < -0.39 is 0 Å². The number of nitrogens with zero attached hydrogens (tertiary/aromatic N) is 4. The Kier molecular flexibility index (Phi) is 3.83. The van der Waals surface area contributed by atoms with Gasteiger partial charge >= 0.3 is 0 Å². The van der Waals surface area contributed by atoms with E-state index in [1.54, 1.807) is 18.2 Å². The van der Waals surface area contributed by atoms with Crippen LogP contribution in [0.25, 0.3) is 10.4 Å². The Labute approximate surface area is 80.7 Å². The van der Waals surface area contributed by atoms with Crippen molar-refractivity contribution in [2.24, 2.45) is 11.0 Å². The molecule has 1 aromatic heterocycles. The van der Waals surface area contributed by atoms with E-state index in [9.17, 15) is 0 Å². The maximum absolute atomic E-state index is 7.99. The average molecular weight is 188 g/mol. The van der Waals surface area contributed by atoms with Gasteiger partial charge in [-0.1, -0.05) is 17.1 Å². The predicted molar refractivity (Wildman–Crippen MR) is 52.9 cm³/mol. The molecule has 6 nitrogen and oxygen atoms in total. The van der Waals surface area contributed by atoms with Crippen LogP contribution in [0, 0.1) is 11.8 Å². The number of pyridine rings is 1. The van der Waals surface area contributed by atoms with Gasteiger partial charge in [-0.2, -0.15) is 0 Å². The van der Waals surface area contributed by atoms with E-state index in [0.717, 1.165) is 0 Å². The highest BCUT2D eigenvalue weighted by Gasteiger charge is 1.90.